The van der Waals surface area contributed by atoms with E-state index in [9.17, 15) is 10.1 Å². The van der Waals surface area contributed by atoms with E-state index in [1.807, 2.05) is 18.2 Å². The molecule has 0 radical (unpaired) electrons. The smallest absolute Gasteiger partial charge is 0.287 e. The van der Waals surface area contributed by atoms with Gasteiger partial charge in [0.05, 0.1) is 17.7 Å². The third-order valence-electron chi connectivity index (χ3n) is 5.71. The summed E-state index contributed by atoms with van der Waals surface area (Å²) in [6, 6.07) is 11.4. The highest BCUT2D eigenvalue weighted by molar-refractivity contribution is 9.10. The minimum absolute atomic E-state index is 0.0226. The molecule has 0 aliphatic carbocycles. The maximum absolute atomic E-state index is 12.4. The Bertz CT molecular complexity index is 947. The molecule has 0 bridgehead atoms. The molecule has 2 aliphatic rings. The van der Waals surface area contributed by atoms with Crippen molar-refractivity contribution in [2.75, 3.05) is 18.5 Å². The molecule has 146 valence electrons. The second kappa shape index (κ2) is 7.26. The summed E-state index contributed by atoms with van der Waals surface area (Å²) in [5.41, 5.74) is 2.48. The summed E-state index contributed by atoms with van der Waals surface area (Å²) in [7, 11) is 0. The van der Waals surface area contributed by atoms with E-state index in [2.05, 4.69) is 46.5 Å². The molecule has 1 aromatic carbocycles. The number of hydrogen-bond acceptors (Lipinski definition) is 5. The van der Waals surface area contributed by atoms with Gasteiger partial charge in [0.2, 0.25) is 0 Å². The number of nitriles is 1. The van der Waals surface area contributed by atoms with Gasteiger partial charge in [0.15, 0.2) is 10.4 Å². The van der Waals surface area contributed by atoms with Crippen LogP contribution in [0.25, 0.3) is 0 Å². The number of rotatable bonds is 4. The maximum atomic E-state index is 12.4. The van der Waals surface area contributed by atoms with Gasteiger partial charge in [0.25, 0.3) is 5.91 Å². The molecular weight excluding hydrogens is 422 g/mol. The summed E-state index contributed by atoms with van der Waals surface area (Å²) in [5.74, 6) is 0.342. The van der Waals surface area contributed by atoms with Crippen LogP contribution >= 0.6 is 15.9 Å². The van der Waals surface area contributed by atoms with E-state index in [0.29, 0.717) is 23.4 Å². The second-order valence-electron chi connectivity index (χ2n) is 8.05. The highest BCUT2D eigenvalue weighted by atomic mass is 79.9. The van der Waals surface area contributed by atoms with Crippen LogP contribution in [0.4, 0.5) is 5.69 Å². The molecule has 1 saturated heterocycles. The number of nitrogens with zero attached hydrogens (tertiary/aromatic N) is 1. The number of ether oxygens (including phenoxy) is 1. The van der Waals surface area contributed by atoms with Gasteiger partial charge in [-0.25, -0.2) is 0 Å². The minimum atomic E-state index is -0.229. The molecule has 2 N–H and O–H groups in total. The van der Waals surface area contributed by atoms with Crippen LogP contribution in [0.2, 0.25) is 0 Å². The van der Waals surface area contributed by atoms with E-state index in [0.717, 1.165) is 17.7 Å². The van der Waals surface area contributed by atoms with Crippen LogP contribution < -0.4 is 10.6 Å². The number of furan rings is 1. The van der Waals surface area contributed by atoms with E-state index in [4.69, 9.17) is 9.15 Å². The maximum Gasteiger partial charge on any atom is 0.287 e. The molecule has 3 heterocycles. The Labute approximate surface area is 172 Å². The van der Waals surface area contributed by atoms with Gasteiger partial charge in [-0.1, -0.05) is 13.8 Å². The molecule has 2 aliphatic heterocycles. The van der Waals surface area contributed by atoms with E-state index in [1.54, 1.807) is 12.1 Å². The summed E-state index contributed by atoms with van der Waals surface area (Å²) >= 11 is 3.22. The fraction of sp³-hybridized carbons (Fsp3) is 0.429. The Hall–Kier alpha value is -2.30. The Morgan fingerprint density at radius 2 is 2.21 bits per heavy atom. The van der Waals surface area contributed by atoms with E-state index in [1.165, 1.54) is 0 Å². The van der Waals surface area contributed by atoms with Gasteiger partial charge < -0.3 is 19.8 Å². The number of carbonyl (C=O) groups is 1. The van der Waals surface area contributed by atoms with Crippen molar-refractivity contribution in [1.82, 2.24) is 5.32 Å². The molecule has 2 aromatic rings. The van der Waals surface area contributed by atoms with Crippen LogP contribution in [0.15, 0.2) is 39.4 Å². The van der Waals surface area contributed by atoms with Crippen molar-refractivity contribution in [1.29, 1.82) is 5.26 Å². The minimum Gasteiger partial charge on any atom is -0.444 e. The van der Waals surface area contributed by atoms with Gasteiger partial charge in [-0.2, -0.15) is 5.26 Å². The van der Waals surface area contributed by atoms with E-state index < -0.39 is 0 Å². The molecule has 1 amide bonds. The third kappa shape index (κ3) is 3.43. The number of amides is 1. The number of hydrogen-bond donors (Lipinski definition) is 2. The molecule has 4 rings (SSSR count). The standard InChI is InChI=1S/C21H22BrN3O3/c1-21(2,11-24-20(26)16-5-6-17(22)28-16)19-13-7-8-27-18(13)14-9-12(10-23)3-4-15(14)25-19/h3-6,9,13,18-19,25H,7-8,11H2,1-2H3,(H,24,26). The summed E-state index contributed by atoms with van der Waals surface area (Å²) in [5, 5.41) is 15.9. The first kappa shape index (κ1) is 19.0. The number of halogens is 1. The van der Waals surface area contributed by atoms with Crippen molar-refractivity contribution in [3.05, 3.63) is 51.9 Å². The van der Waals surface area contributed by atoms with Crippen LogP contribution in [-0.2, 0) is 4.74 Å². The van der Waals surface area contributed by atoms with Crippen molar-refractivity contribution in [3.8, 4) is 6.07 Å². The Kier molecular flexibility index (Phi) is 4.94. The number of carbonyl (C=O) groups excluding carboxylic acids is 1. The predicted octanol–water partition coefficient (Wildman–Crippen LogP) is 4.24. The highest BCUT2D eigenvalue weighted by Crippen LogP contribution is 2.48. The molecule has 3 atom stereocenters. The van der Waals surface area contributed by atoms with Crippen LogP contribution in [0.1, 0.15) is 48.1 Å². The average Bonchev–Trinajstić information content (AvgIpc) is 3.34. The SMILES string of the molecule is CC(C)(CNC(=O)c1ccc(Br)o1)C1Nc2ccc(C#N)cc2C2OCCC21. The first-order valence-corrected chi connectivity index (χ1v) is 10.1. The Morgan fingerprint density at radius 3 is 2.93 bits per heavy atom. The Balaban J connectivity index is 1.54. The third-order valence-corrected chi connectivity index (χ3v) is 6.13. The molecular formula is C21H22BrN3O3. The quantitative estimate of drug-likeness (QED) is 0.737. The predicted molar refractivity (Wildman–Crippen MR) is 108 cm³/mol. The number of benzene rings is 1. The van der Waals surface area contributed by atoms with Gasteiger partial charge in [-0.15, -0.1) is 0 Å². The summed E-state index contributed by atoms with van der Waals surface area (Å²) in [6.45, 7) is 5.49. The zero-order chi connectivity index (χ0) is 19.9. The number of nitrogens with one attached hydrogen (secondary N) is 2. The van der Waals surface area contributed by atoms with Gasteiger partial charge in [0, 0.05) is 41.8 Å². The lowest BCUT2D eigenvalue weighted by molar-refractivity contribution is 0.0650. The van der Waals surface area contributed by atoms with Crippen LogP contribution in [0.3, 0.4) is 0 Å². The lowest BCUT2D eigenvalue weighted by atomic mass is 9.71. The van der Waals surface area contributed by atoms with Crippen molar-refractivity contribution < 1.29 is 13.9 Å². The largest absolute Gasteiger partial charge is 0.444 e. The zero-order valence-electron chi connectivity index (χ0n) is 15.8. The topological polar surface area (TPSA) is 87.3 Å². The zero-order valence-corrected chi connectivity index (χ0v) is 17.4. The molecule has 3 unspecified atom stereocenters. The average molecular weight is 444 g/mol. The molecule has 1 fully saturated rings. The van der Waals surface area contributed by atoms with E-state index >= 15 is 0 Å². The normalized spacial score (nSPS) is 23.3. The van der Waals surface area contributed by atoms with Crippen LogP contribution in [0.5, 0.6) is 0 Å². The number of anilines is 1. The van der Waals surface area contributed by atoms with Crippen molar-refractivity contribution in [2.24, 2.45) is 11.3 Å². The molecule has 28 heavy (non-hydrogen) atoms. The molecule has 7 heteroatoms. The molecule has 6 nitrogen and oxygen atoms in total. The fourth-order valence-electron chi connectivity index (χ4n) is 4.26. The van der Waals surface area contributed by atoms with Gasteiger partial charge in [0.1, 0.15) is 0 Å². The summed E-state index contributed by atoms with van der Waals surface area (Å²) in [6.07, 6.45) is 0.923. The number of fused-ring (bicyclic) bond motifs is 3. The van der Waals surface area contributed by atoms with Gasteiger partial charge in [-0.3, -0.25) is 4.79 Å². The van der Waals surface area contributed by atoms with Crippen molar-refractivity contribution in [2.45, 2.75) is 32.4 Å². The highest BCUT2D eigenvalue weighted by Gasteiger charge is 2.47. The van der Waals surface area contributed by atoms with E-state index in [-0.39, 0.29) is 35.1 Å². The fourth-order valence-corrected chi connectivity index (χ4v) is 4.56. The van der Waals surface area contributed by atoms with Crippen molar-refractivity contribution in [3.63, 3.8) is 0 Å². The lowest BCUT2D eigenvalue weighted by Gasteiger charge is -2.45. The van der Waals surface area contributed by atoms with Gasteiger partial charge in [-0.05, 0) is 52.7 Å². The second-order valence-corrected chi connectivity index (χ2v) is 8.84. The lowest BCUT2D eigenvalue weighted by Crippen LogP contribution is -2.51. The Morgan fingerprint density at radius 1 is 1.39 bits per heavy atom. The van der Waals surface area contributed by atoms with Crippen molar-refractivity contribution >= 4 is 27.5 Å². The van der Waals surface area contributed by atoms with Crippen LogP contribution in [-0.4, -0.2) is 25.1 Å². The van der Waals surface area contributed by atoms with Gasteiger partial charge >= 0.3 is 0 Å². The first-order chi connectivity index (χ1) is 13.4. The molecule has 1 aromatic heterocycles. The molecule has 0 saturated carbocycles. The molecule has 0 spiro atoms. The monoisotopic (exact) mass is 443 g/mol. The summed E-state index contributed by atoms with van der Waals surface area (Å²) < 4.78 is 11.9. The van der Waals surface area contributed by atoms with Crippen LogP contribution in [0, 0.1) is 22.7 Å². The first-order valence-electron chi connectivity index (χ1n) is 9.35. The summed E-state index contributed by atoms with van der Waals surface area (Å²) in [4.78, 5) is 12.4.